The average Bonchev–Trinajstić information content (AvgIpc) is 3.59. The number of aromatic hydroxyl groups is 2. The maximum atomic E-state index is 13.7. The minimum Gasteiger partial charge on any atom is -0.494 e. The molecule has 51 heavy (non-hydrogen) atoms. The Balaban J connectivity index is 1.20. The predicted octanol–water partition coefficient (Wildman–Crippen LogP) is 11.0. The molecule has 6 N–H and O–H groups in total. The molecule has 0 aliphatic carbocycles. The van der Waals surface area contributed by atoms with Crippen LogP contribution in [0.25, 0.3) is 45.4 Å². The smallest absolute Gasteiger partial charge is 0.196 e. The number of para-hydroxylation sites is 2. The summed E-state index contributed by atoms with van der Waals surface area (Å²) < 4.78 is 27.5. The zero-order valence-corrected chi connectivity index (χ0v) is 29.8. The second kappa shape index (κ2) is 15.1. The Bertz CT molecular complexity index is 2220. The Morgan fingerprint density at radius 1 is 0.608 bits per heavy atom. The van der Waals surface area contributed by atoms with Gasteiger partial charge in [0.25, 0.3) is 0 Å². The topological polar surface area (TPSA) is 169 Å². The summed E-state index contributed by atoms with van der Waals surface area (Å²) >= 11 is 2.34. The van der Waals surface area contributed by atoms with E-state index in [9.17, 15) is 19.0 Å². The van der Waals surface area contributed by atoms with Crippen LogP contribution in [-0.2, 0) is 0 Å². The summed E-state index contributed by atoms with van der Waals surface area (Å²) in [5.41, 5.74) is 4.05. The number of nitrogens with zero attached hydrogens (tertiary/aromatic N) is 4. The first-order valence-electron chi connectivity index (χ1n) is 15.4. The Morgan fingerprint density at radius 3 is 1.37 bits per heavy atom. The quantitative estimate of drug-likeness (QED) is 0.0396. The van der Waals surface area contributed by atoms with E-state index >= 15 is 0 Å². The van der Waals surface area contributed by atoms with Crippen LogP contribution in [0.3, 0.4) is 0 Å². The fourth-order valence-corrected chi connectivity index (χ4v) is 11.3. The van der Waals surface area contributed by atoms with Crippen LogP contribution in [0.5, 0.6) is 11.8 Å². The lowest BCUT2D eigenvalue weighted by Gasteiger charge is -2.17. The molecule has 0 saturated carbocycles. The van der Waals surface area contributed by atoms with Crippen LogP contribution in [-0.4, -0.2) is 36.9 Å². The van der Waals surface area contributed by atoms with Gasteiger partial charge in [-0.2, -0.15) is 0 Å². The van der Waals surface area contributed by atoms with Crippen molar-refractivity contribution in [3.63, 3.8) is 0 Å². The first kappa shape index (κ1) is 35.2. The SMILES string of the molecule is C[Si](C)(SC(=N)N=N/C(=C\c1c(O)[nH]c2ccccc12)c1ccc(F)cc1)SC(=N)N=N/C(=C/c1c(O)[nH]c2ccccc12)c1ccc(F)cc1. The van der Waals surface area contributed by atoms with Gasteiger partial charge in [-0.3, -0.25) is 10.8 Å². The minimum atomic E-state index is -2.52. The van der Waals surface area contributed by atoms with Gasteiger partial charge in [-0.1, -0.05) is 71.9 Å². The molecule has 0 aliphatic rings. The van der Waals surface area contributed by atoms with Gasteiger partial charge < -0.3 is 20.2 Å². The molecule has 0 fully saturated rings. The summed E-state index contributed by atoms with van der Waals surface area (Å²) in [5.74, 6) is -0.976. The lowest BCUT2D eigenvalue weighted by Crippen LogP contribution is -2.20. The summed E-state index contributed by atoms with van der Waals surface area (Å²) in [6.45, 7) is 3.86. The van der Waals surface area contributed by atoms with E-state index in [1.165, 1.54) is 71.0 Å². The number of aromatic amines is 2. The highest BCUT2D eigenvalue weighted by molar-refractivity contribution is 8.66. The number of H-pyrrole nitrogens is 2. The van der Waals surface area contributed by atoms with Crippen molar-refractivity contribution in [1.82, 2.24) is 9.97 Å². The number of rotatable bonds is 8. The molecule has 0 saturated heterocycles. The van der Waals surface area contributed by atoms with Crippen molar-refractivity contribution in [2.24, 2.45) is 20.5 Å². The third kappa shape index (κ3) is 8.57. The van der Waals surface area contributed by atoms with Crippen LogP contribution >= 0.6 is 22.4 Å². The average molecular weight is 737 g/mol. The van der Waals surface area contributed by atoms with Gasteiger partial charge in [0, 0.05) is 44.1 Å². The highest BCUT2D eigenvalue weighted by Gasteiger charge is 2.28. The van der Waals surface area contributed by atoms with Gasteiger partial charge in [0.15, 0.2) is 28.5 Å². The van der Waals surface area contributed by atoms with Crippen molar-refractivity contribution in [3.05, 3.63) is 131 Å². The maximum absolute atomic E-state index is 13.7. The fraction of sp³-hybridized carbons (Fsp3) is 0.0556. The molecule has 6 aromatic rings. The van der Waals surface area contributed by atoms with Crippen LogP contribution in [0.1, 0.15) is 22.3 Å². The molecule has 0 aliphatic heterocycles. The number of hydrogen-bond donors (Lipinski definition) is 6. The first-order chi connectivity index (χ1) is 24.5. The van der Waals surface area contributed by atoms with E-state index in [-0.39, 0.29) is 22.1 Å². The number of azo groups is 2. The summed E-state index contributed by atoms with van der Waals surface area (Å²) in [5, 5.41) is 56.6. The second-order valence-corrected chi connectivity index (χ2v) is 23.7. The Labute approximate surface area is 299 Å². The molecule has 0 atom stereocenters. The van der Waals surface area contributed by atoms with E-state index in [1.54, 1.807) is 12.2 Å². The number of nitrogens with one attached hydrogen (secondary N) is 4. The van der Waals surface area contributed by atoms with Crippen LogP contribution in [0.2, 0.25) is 13.1 Å². The second-order valence-electron chi connectivity index (χ2n) is 11.6. The normalized spacial score (nSPS) is 12.9. The summed E-state index contributed by atoms with van der Waals surface area (Å²) in [7, 11) is 0. The molecule has 15 heteroatoms. The molecule has 0 unspecified atom stereocenters. The van der Waals surface area contributed by atoms with Crippen molar-refractivity contribution < 1.29 is 19.0 Å². The van der Waals surface area contributed by atoms with Crippen LogP contribution in [0.15, 0.2) is 118 Å². The zero-order chi connectivity index (χ0) is 36.1. The zero-order valence-electron chi connectivity index (χ0n) is 27.1. The van der Waals surface area contributed by atoms with Crippen molar-refractivity contribution in [2.45, 2.75) is 13.1 Å². The molecule has 0 bridgehead atoms. The molecule has 2 heterocycles. The number of aromatic nitrogens is 2. The lowest BCUT2D eigenvalue weighted by molar-refractivity contribution is 0.456. The summed E-state index contributed by atoms with van der Waals surface area (Å²) in [6, 6.07) is 26.0. The third-order valence-corrected chi connectivity index (χ3v) is 14.6. The van der Waals surface area contributed by atoms with Gasteiger partial charge in [0.05, 0.1) is 11.4 Å². The molecule has 256 valence electrons. The molecule has 2 aromatic heterocycles. The number of fused-ring (bicyclic) bond motifs is 2. The van der Waals surface area contributed by atoms with Gasteiger partial charge >= 0.3 is 0 Å². The number of hydrogen-bond acceptors (Lipinski definition) is 8. The standard InChI is InChI=1S/C36H30F2N8O2S2Si/c1-51(2,49-35(39)45-43-31(21-11-15-23(37)16-12-21)19-27-25-7-3-5-9-29(25)41-33(27)47)50-36(40)46-44-32(22-13-17-24(38)18-14-22)20-28-26-8-4-6-10-30(26)42-34(28)48/h3-20,39-42,47-48H,1-2H3/b31-19-,32-20+,39-35?,40-36?,45-43?,46-44?. The van der Waals surface area contributed by atoms with Crippen molar-refractivity contribution in [1.29, 1.82) is 10.8 Å². The van der Waals surface area contributed by atoms with E-state index in [4.69, 9.17) is 10.8 Å². The van der Waals surface area contributed by atoms with E-state index in [1.807, 2.05) is 61.6 Å². The molecular weight excluding hydrogens is 707 g/mol. The molecule has 4 aromatic carbocycles. The Morgan fingerprint density at radius 2 is 0.980 bits per heavy atom. The largest absolute Gasteiger partial charge is 0.494 e. The minimum absolute atomic E-state index is 0.0660. The Kier molecular flexibility index (Phi) is 10.4. The third-order valence-electron chi connectivity index (χ3n) is 7.47. The van der Waals surface area contributed by atoms with E-state index < -0.39 is 18.0 Å². The van der Waals surface area contributed by atoms with Crippen molar-refractivity contribution in [2.75, 3.05) is 0 Å². The van der Waals surface area contributed by atoms with E-state index in [0.717, 1.165) is 21.8 Å². The van der Waals surface area contributed by atoms with Gasteiger partial charge in [-0.05, 0) is 72.8 Å². The van der Waals surface area contributed by atoms with Gasteiger partial charge in [-0.15, -0.1) is 20.5 Å². The van der Waals surface area contributed by atoms with Crippen molar-refractivity contribution in [3.8, 4) is 11.8 Å². The number of amidine groups is 2. The number of benzene rings is 4. The van der Waals surface area contributed by atoms with Gasteiger partial charge in [0.1, 0.15) is 11.6 Å². The fourth-order valence-electron chi connectivity index (χ4n) is 5.17. The lowest BCUT2D eigenvalue weighted by atomic mass is 10.1. The van der Waals surface area contributed by atoms with E-state index in [2.05, 4.69) is 30.4 Å². The van der Waals surface area contributed by atoms with Crippen LogP contribution in [0.4, 0.5) is 8.78 Å². The molecule has 0 amide bonds. The molecule has 0 radical (unpaired) electrons. The molecule has 6 rings (SSSR count). The molecule has 10 nitrogen and oxygen atoms in total. The maximum Gasteiger partial charge on any atom is 0.196 e. The summed E-state index contributed by atoms with van der Waals surface area (Å²) in [4.78, 5) is 5.85. The predicted molar refractivity (Wildman–Crippen MR) is 206 cm³/mol. The van der Waals surface area contributed by atoms with Gasteiger partial charge in [-0.25, -0.2) is 8.78 Å². The molecular formula is C36H30F2N8O2S2Si. The Hall–Kier alpha value is -5.64. The monoisotopic (exact) mass is 736 g/mol. The van der Waals surface area contributed by atoms with E-state index in [0.29, 0.717) is 33.6 Å². The van der Waals surface area contributed by atoms with Gasteiger partial charge in [0.2, 0.25) is 0 Å². The first-order valence-corrected chi connectivity index (χ1v) is 21.5. The highest BCUT2D eigenvalue weighted by atomic mass is 32.6. The van der Waals surface area contributed by atoms with Crippen LogP contribution < -0.4 is 0 Å². The van der Waals surface area contributed by atoms with Crippen molar-refractivity contribution >= 4 is 84.5 Å². The highest BCUT2D eigenvalue weighted by Crippen LogP contribution is 2.36. The summed E-state index contributed by atoms with van der Waals surface area (Å²) in [6.07, 6.45) is 0.732. The number of halogens is 2. The van der Waals surface area contributed by atoms with Crippen LogP contribution in [0, 0.1) is 22.5 Å². The molecule has 0 spiro atoms.